The van der Waals surface area contributed by atoms with Gasteiger partial charge in [-0.05, 0) is 25.3 Å². The summed E-state index contributed by atoms with van der Waals surface area (Å²) in [6.45, 7) is 2.49. The van der Waals surface area contributed by atoms with Crippen LogP contribution in [-0.2, 0) is 24.1 Å². The van der Waals surface area contributed by atoms with Crippen molar-refractivity contribution in [3.63, 3.8) is 0 Å². The third-order valence-electron chi connectivity index (χ3n) is 4.05. The van der Waals surface area contributed by atoms with Gasteiger partial charge in [0, 0.05) is 12.8 Å². The van der Waals surface area contributed by atoms with Gasteiger partial charge in [-0.25, -0.2) is 18.8 Å². The van der Waals surface area contributed by atoms with Crippen molar-refractivity contribution in [2.24, 2.45) is 0 Å². The normalized spacial score (nSPS) is 16.8. The van der Waals surface area contributed by atoms with Crippen LogP contribution < -0.4 is 5.69 Å². The minimum atomic E-state index is -1.37. The summed E-state index contributed by atoms with van der Waals surface area (Å²) in [6.07, 6.45) is 0.474. The van der Waals surface area contributed by atoms with Crippen LogP contribution in [0, 0.1) is 6.92 Å². The summed E-state index contributed by atoms with van der Waals surface area (Å²) >= 11 is 0. The Morgan fingerprint density at radius 2 is 2.13 bits per heavy atom. The van der Waals surface area contributed by atoms with Crippen molar-refractivity contribution >= 4 is 6.16 Å². The molecule has 0 saturated carbocycles. The molecule has 3 rings (SSSR count). The number of carboxylic acid groups (broad SMARTS) is 1. The summed E-state index contributed by atoms with van der Waals surface area (Å²) in [5.74, 6) is 0.594. The Labute approximate surface area is 133 Å². The Kier molecular flexibility index (Phi) is 4.18. The molecule has 1 N–H and O–H groups in total. The van der Waals surface area contributed by atoms with E-state index in [0.29, 0.717) is 31.6 Å². The molecule has 2 aromatic rings. The van der Waals surface area contributed by atoms with Gasteiger partial charge in [0.1, 0.15) is 5.82 Å². The number of ether oxygens (including phenoxy) is 1. The predicted molar refractivity (Wildman–Crippen MR) is 82.5 cm³/mol. The molecule has 0 saturated heterocycles. The third kappa shape index (κ3) is 3.28. The van der Waals surface area contributed by atoms with Crippen LogP contribution in [-0.4, -0.2) is 25.6 Å². The molecule has 23 heavy (non-hydrogen) atoms. The quantitative estimate of drug-likeness (QED) is 0.873. The van der Waals surface area contributed by atoms with E-state index in [9.17, 15) is 9.59 Å². The summed E-state index contributed by atoms with van der Waals surface area (Å²) in [5.41, 5.74) is 2.02. The highest BCUT2D eigenvalue weighted by molar-refractivity contribution is 5.56. The maximum atomic E-state index is 12.5. The predicted octanol–water partition coefficient (Wildman–Crippen LogP) is 2.13. The number of carbonyl (C=O) groups is 1. The molecule has 122 valence electrons. The number of hydrogen-bond donors (Lipinski definition) is 1. The standard InChI is InChI=1S/C16H19N3O4/c1-11-5-7-12(8-6-11)9-10-18-15(20)19-13(17-18)3-2-4-14(19)23-16(21)22/h5-8,14H,2-4,9-10H2,1H3,(H,21,22)/t14-/m0/s1. The lowest BCUT2D eigenvalue weighted by Gasteiger charge is -2.21. The van der Waals surface area contributed by atoms with Crippen molar-refractivity contribution in [2.45, 2.75) is 45.4 Å². The van der Waals surface area contributed by atoms with E-state index in [2.05, 4.69) is 5.10 Å². The number of aryl methyl sites for hydroxylation is 4. The van der Waals surface area contributed by atoms with E-state index in [1.54, 1.807) is 0 Å². The highest BCUT2D eigenvalue weighted by Gasteiger charge is 2.27. The molecular formula is C16H19N3O4. The summed E-state index contributed by atoms with van der Waals surface area (Å²) in [6, 6.07) is 8.14. The lowest BCUT2D eigenvalue weighted by atomic mass is 10.1. The maximum Gasteiger partial charge on any atom is 0.507 e. The number of nitrogens with zero attached hydrogens (tertiary/aromatic N) is 3. The summed E-state index contributed by atoms with van der Waals surface area (Å²) < 4.78 is 7.58. The second-order valence-corrected chi connectivity index (χ2v) is 5.76. The molecule has 2 heterocycles. The summed E-state index contributed by atoms with van der Waals surface area (Å²) in [5, 5.41) is 13.1. The molecule has 0 unspecified atom stereocenters. The van der Waals surface area contributed by atoms with Gasteiger partial charge in [0.2, 0.25) is 0 Å². The zero-order valence-corrected chi connectivity index (χ0v) is 12.9. The number of rotatable bonds is 4. The van der Waals surface area contributed by atoms with Gasteiger partial charge in [-0.15, -0.1) is 0 Å². The van der Waals surface area contributed by atoms with E-state index in [-0.39, 0.29) is 5.69 Å². The fraction of sp³-hybridized carbons (Fsp3) is 0.438. The van der Waals surface area contributed by atoms with Crippen molar-refractivity contribution in [3.8, 4) is 0 Å². The smallest absolute Gasteiger partial charge is 0.450 e. The number of aromatic nitrogens is 3. The van der Waals surface area contributed by atoms with E-state index in [0.717, 1.165) is 12.0 Å². The van der Waals surface area contributed by atoms with Gasteiger partial charge in [0.25, 0.3) is 0 Å². The van der Waals surface area contributed by atoms with Crippen molar-refractivity contribution in [1.82, 2.24) is 14.3 Å². The first kappa shape index (κ1) is 15.3. The fourth-order valence-corrected chi connectivity index (χ4v) is 2.85. The van der Waals surface area contributed by atoms with Crippen LogP contribution in [0.5, 0.6) is 0 Å². The van der Waals surface area contributed by atoms with Gasteiger partial charge in [0.15, 0.2) is 6.23 Å². The molecule has 1 aromatic carbocycles. The largest absolute Gasteiger partial charge is 0.507 e. The minimum Gasteiger partial charge on any atom is -0.450 e. The first-order valence-electron chi connectivity index (χ1n) is 7.68. The molecule has 0 bridgehead atoms. The van der Waals surface area contributed by atoms with Crippen LogP contribution in [0.4, 0.5) is 4.79 Å². The van der Waals surface area contributed by atoms with Gasteiger partial charge in [0.05, 0.1) is 6.54 Å². The highest BCUT2D eigenvalue weighted by Crippen LogP contribution is 2.22. The van der Waals surface area contributed by atoms with Crippen LogP contribution in [0.15, 0.2) is 29.1 Å². The number of hydrogen-bond acceptors (Lipinski definition) is 4. The average Bonchev–Trinajstić information content (AvgIpc) is 2.84. The number of fused-ring (bicyclic) bond motifs is 1. The molecule has 1 aliphatic heterocycles. The third-order valence-corrected chi connectivity index (χ3v) is 4.05. The molecule has 1 aromatic heterocycles. The molecule has 0 fully saturated rings. The summed E-state index contributed by atoms with van der Waals surface area (Å²) in [4.78, 5) is 23.2. The Balaban J connectivity index is 1.79. The SMILES string of the molecule is Cc1ccc(CCn2nc3n(c2=O)[C@@H](OC(=O)O)CCC3)cc1. The van der Waals surface area contributed by atoms with Gasteiger partial charge >= 0.3 is 11.8 Å². The van der Waals surface area contributed by atoms with Crippen LogP contribution >= 0.6 is 0 Å². The van der Waals surface area contributed by atoms with E-state index in [4.69, 9.17) is 9.84 Å². The topological polar surface area (TPSA) is 86.4 Å². The van der Waals surface area contributed by atoms with E-state index in [1.807, 2.05) is 31.2 Å². The lowest BCUT2D eigenvalue weighted by Crippen LogP contribution is -2.33. The van der Waals surface area contributed by atoms with E-state index >= 15 is 0 Å². The molecule has 7 nitrogen and oxygen atoms in total. The first-order chi connectivity index (χ1) is 11.0. The molecule has 1 atom stereocenters. The zero-order valence-electron chi connectivity index (χ0n) is 12.9. The van der Waals surface area contributed by atoms with Crippen LogP contribution in [0.25, 0.3) is 0 Å². The van der Waals surface area contributed by atoms with Crippen LogP contribution in [0.1, 0.15) is 36.0 Å². The molecular weight excluding hydrogens is 298 g/mol. The summed E-state index contributed by atoms with van der Waals surface area (Å²) in [7, 11) is 0. The van der Waals surface area contributed by atoms with Crippen molar-refractivity contribution < 1.29 is 14.6 Å². The monoisotopic (exact) mass is 317 g/mol. The molecule has 0 aliphatic carbocycles. The minimum absolute atomic E-state index is 0.307. The van der Waals surface area contributed by atoms with Gasteiger partial charge in [-0.3, -0.25) is 0 Å². The Bertz CT molecular complexity index is 761. The molecule has 0 radical (unpaired) electrons. The highest BCUT2D eigenvalue weighted by atomic mass is 16.7. The van der Waals surface area contributed by atoms with E-state index in [1.165, 1.54) is 14.8 Å². The Morgan fingerprint density at radius 3 is 2.83 bits per heavy atom. The lowest BCUT2D eigenvalue weighted by molar-refractivity contribution is 0.00391. The average molecular weight is 317 g/mol. The second kappa shape index (κ2) is 6.28. The fourth-order valence-electron chi connectivity index (χ4n) is 2.85. The molecule has 0 spiro atoms. The zero-order chi connectivity index (χ0) is 16.4. The maximum absolute atomic E-state index is 12.5. The van der Waals surface area contributed by atoms with E-state index < -0.39 is 12.4 Å². The van der Waals surface area contributed by atoms with Gasteiger partial charge in [-0.2, -0.15) is 5.10 Å². The van der Waals surface area contributed by atoms with Crippen molar-refractivity contribution in [2.75, 3.05) is 0 Å². The Hall–Kier alpha value is -2.57. The molecule has 0 amide bonds. The van der Waals surface area contributed by atoms with Crippen LogP contribution in [0.2, 0.25) is 0 Å². The molecule has 1 aliphatic rings. The Morgan fingerprint density at radius 1 is 1.39 bits per heavy atom. The van der Waals surface area contributed by atoms with Gasteiger partial charge < -0.3 is 9.84 Å². The van der Waals surface area contributed by atoms with Crippen LogP contribution in [0.3, 0.4) is 0 Å². The molecule has 7 heteroatoms. The second-order valence-electron chi connectivity index (χ2n) is 5.76. The van der Waals surface area contributed by atoms with Crippen molar-refractivity contribution in [1.29, 1.82) is 0 Å². The van der Waals surface area contributed by atoms with Gasteiger partial charge in [-0.1, -0.05) is 29.8 Å². The van der Waals surface area contributed by atoms with Crippen molar-refractivity contribution in [3.05, 3.63) is 51.7 Å². The number of benzene rings is 1. The first-order valence-corrected chi connectivity index (χ1v) is 7.68.